The van der Waals surface area contributed by atoms with Crippen LogP contribution in [0.15, 0.2) is 97.3 Å². The van der Waals surface area contributed by atoms with Crippen molar-refractivity contribution in [3.8, 4) is 23.0 Å². The van der Waals surface area contributed by atoms with E-state index in [-0.39, 0.29) is 11.2 Å². The summed E-state index contributed by atoms with van der Waals surface area (Å²) in [5.41, 5.74) is 10.3. The first-order valence-corrected chi connectivity index (χ1v) is 19.1. The zero-order chi connectivity index (χ0) is 41.1. The molecule has 4 heterocycles. The van der Waals surface area contributed by atoms with Crippen molar-refractivity contribution in [2.45, 2.75) is 34.1 Å². The third-order valence-corrected chi connectivity index (χ3v) is 9.15. The number of hydrogen-bond donors (Lipinski definition) is 2. The fourth-order valence-electron chi connectivity index (χ4n) is 5.91. The average Bonchev–Trinajstić information content (AvgIpc) is 3.22. The number of nitrogens with zero attached hydrogens (tertiary/aromatic N) is 6. The number of carbonyl (C=O) groups excluding carboxylic acids is 1. The fraction of sp³-hybridized carbons (Fsp3) is 0.318. The zero-order valence-corrected chi connectivity index (χ0v) is 33.3. The van der Waals surface area contributed by atoms with Gasteiger partial charge in [-0.3, -0.25) is 19.6 Å². The van der Waals surface area contributed by atoms with Crippen LogP contribution in [-0.4, -0.2) is 89.4 Å². The lowest BCUT2D eigenvalue weighted by atomic mass is 9.87. The van der Waals surface area contributed by atoms with E-state index in [1.807, 2.05) is 118 Å². The molecular weight excluding hydrogens is 739 g/mol. The second-order valence-corrected chi connectivity index (χ2v) is 14.7. The minimum Gasteiger partial charge on any atom is -0.481 e. The Morgan fingerprint density at radius 3 is 1.47 bits per heavy atom. The number of carbonyl (C=O) groups is 2. The molecular formula is C44H49N7O7. The van der Waals surface area contributed by atoms with Crippen molar-refractivity contribution in [2.75, 3.05) is 68.1 Å². The van der Waals surface area contributed by atoms with E-state index in [0.717, 1.165) is 103 Å². The van der Waals surface area contributed by atoms with Crippen LogP contribution in [0, 0.1) is 5.41 Å². The van der Waals surface area contributed by atoms with E-state index in [9.17, 15) is 4.79 Å². The maximum Gasteiger partial charge on any atom is 0.300 e. The summed E-state index contributed by atoms with van der Waals surface area (Å²) in [6.07, 6.45) is 4.06. The highest BCUT2D eigenvalue weighted by Gasteiger charge is 2.21. The maximum absolute atomic E-state index is 12.2. The van der Waals surface area contributed by atoms with Gasteiger partial charge in [-0.05, 0) is 66.2 Å². The van der Waals surface area contributed by atoms with Crippen LogP contribution in [0.4, 0.5) is 17.3 Å². The number of fused-ring (bicyclic) bond motifs is 2. The Balaban J connectivity index is 0.000000183. The van der Waals surface area contributed by atoms with Gasteiger partial charge in [0.25, 0.3) is 5.97 Å². The standard InChI is InChI=1S/C24H27N3O3.C18H18N4O2.C2H4O2/c1-24(2,3)22(28)14-17-4-6-18(7-5-17)30-19-8-9-20-21(15-19)26-23(16-25-20)27-10-12-29-13-11-27;19-13-1-3-14(4-2-13)24-15-5-6-16-17(11-15)21-18(12-20-16)22-7-9-23-10-8-22;1-2(3)4/h4-9,15-16H,10-14H2,1-3H3;1-6,11-12H,7-10,19H2;1H3,(H,3,4). The molecule has 2 fully saturated rings. The summed E-state index contributed by atoms with van der Waals surface area (Å²) in [5, 5.41) is 7.42. The fourth-order valence-corrected chi connectivity index (χ4v) is 5.91. The lowest BCUT2D eigenvalue weighted by molar-refractivity contribution is -0.134. The first kappa shape index (κ1) is 41.3. The lowest BCUT2D eigenvalue weighted by Gasteiger charge is -2.27. The molecule has 2 aromatic heterocycles. The van der Waals surface area contributed by atoms with Crippen molar-refractivity contribution >= 4 is 51.1 Å². The van der Waals surface area contributed by atoms with Crippen LogP contribution in [0.2, 0.25) is 0 Å². The molecule has 6 aromatic rings. The summed E-state index contributed by atoms with van der Waals surface area (Å²) in [6, 6.07) is 26.4. The third kappa shape index (κ3) is 11.8. The van der Waals surface area contributed by atoms with Gasteiger partial charge in [0.15, 0.2) is 0 Å². The van der Waals surface area contributed by atoms with Crippen LogP contribution >= 0.6 is 0 Å². The second-order valence-electron chi connectivity index (χ2n) is 14.7. The number of benzene rings is 4. The monoisotopic (exact) mass is 787 g/mol. The van der Waals surface area contributed by atoms with Crippen LogP contribution in [0.3, 0.4) is 0 Å². The summed E-state index contributed by atoms with van der Waals surface area (Å²) < 4.78 is 22.7. The normalized spacial score (nSPS) is 14.1. The molecule has 4 aromatic carbocycles. The predicted octanol–water partition coefficient (Wildman–Crippen LogP) is 7.35. The molecule has 0 bridgehead atoms. The molecule has 0 amide bonds. The molecule has 302 valence electrons. The van der Waals surface area contributed by atoms with E-state index in [4.69, 9.17) is 44.6 Å². The number of ether oxygens (including phenoxy) is 4. The molecule has 0 atom stereocenters. The Labute approximate surface area is 337 Å². The van der Waals surface area contributed by atoms with Crippen molar-refractivity contribution in [1.82, 2.24) is 19.9 Å². The lowest BCUT2D eigenvalue weighted by Crippen LogP contribution is -2.36. The Kier molecular flexibility index (Phi) is 13.6. The van der Waals surface area contributed by atoms with E-state index in [0.29, 0.717) is 31.1 Å². The second kappa shape index (κ2) is 19.2. The molecule has 14 heteroatoms. The molecule has 0 saturated carbocycles. The van der Waals surface area contributed by atoms with Crippen LogP contribution in [0.1, 0.15) is 33.3 Å². The van der Waals surface area contributed by atoms with E-state index in [1.54, 1.807) is 0 Å². The van der Waals surface area contributed by atoms with E-state index < -0.39 is 5.97 Å². The van der Waals surface area contributed by atoms with Gasteiger partial charge in [-0.2, -0.15) is 0 Å². The Morgan fingerprint density at radius 1 is 0.655 bits per heavy atom. The topological polar surface area (TPSA) is 175 Å². The highest BCUT2D eigenvalue weighted by Crippen LogP contribution is 2.28. The number of nitrogen functional groups attached to an aromatic ring is 1. The van der Waals surface area contributed by atoms with Gasteiger partial charge in [-0.1, -0.05) is 32.9 Å². The first-order chi connectivity index (χ1) is 27.9. The first-order valence-electron chi connectivity index (χ1n) is 19.1. The van der Waals surface area contributed by atoms with Gasteiger partial charge in [0.1, 0.15) is 40.4 Å². The smallest absolute Gasteiger partial charge is 0.300 e. The maximum atomic E-state index is 12.2. The molecule has 0 unspecified atom stereocenters. The van der Waals surface area contributed by atoms with Gasteiger partial charge in [0, 0.05) is 62.8 Å². The van der Waals surface area contributed by atoms with Gasteiger partial charge < -0.3 is 39.6 Å². The number of anilines is 3. The number of aromatic nitrogens is 4. The van der Waals surface area contributed by atoms with Crippen molar-refractivity contribution in [3.63, 3.8) is 0 Å². The highest BCUT2D eigenvalue weighted by molar-refractivity contribution is 5.85. The quantitative estimate of drug-likeness (QED) is 0.147. The molecule has 8 rings (SSSR count). The zero-order valence-electron chi connectivity index (χ0n) is 33.3. The van der Waals surface area contributed by atoms with Gasteiger partial charge in [0.2, 0.25) is 0 Å². The Hall–Kier alpha value is -6.38. The summed E-state index contributed by atoms with van der Waals surface area (Å²) in [6.45, 7) is 13.1. The number of aliphatic carboxylic acids is 1. The summed E-state index contributed by atoms with van der Waals surface area (Å²) in [4.78, 5) is 44.1. The van der Waals surface area contributed by atoms with E-state index >= 15 is 0 Å². The predicted molar refractivity (Wildman–Crippen MR) is 224 cm³/mol. The highest BCUT2D eigenvalue weighted by atomic mass is 16.5. The number of nitrogens with two attached hydrogens (primary N) is 1. The molecule has 14 nitrogen and oxygen atoms in total. The van der Waals surface area contributed by atoms with Crippen molar-refractivity contribution in [2.24, 2.45) is 5.41 Å². The SMILES string of the molecule is CC(=O)O.CC(C)(C)C(=O)Cc1ccc(Oc2ccc3ncc(N4CCOCC4)nc3c2)cc1.Nc1ccc(Oc2ccc3ncc(N4CCOCC4)nc3c2)cc1. The number of ketones is 1. The molecule has 2 saturated heterocycles. The van der Waals surface area contributed by atoms with Gasteiger partial charge in [-0.15, -0.1) is 0 Å². The van der Waals surface area contributed by atoms with Crippen LogP contribution in [-0.2, 0) is 25.5 Å². The van der Waals surface area contributed by atoms with Crippen molar-refractivity contribution in [1.29, 1.82) is 0 Å². The Morgan fingerprint density at radius 2 is 1.05 bits per heavy atom. The van der Waals surface area contributed by atoms with E-state index in [1.165, 1.54) is 0 Å². The molecule has 0 spiro atoms. The number of rotatable bonds is 8. The number of morpholine rings is 2. The number of Topliss-reactive ketones (excluding diaryl/α,β-unsaturated/α-hetero) is 1. The van der Waals surface area contributed by atoms with Gasteiger partial charge >= 0.3 is 0 Å². The Bertz CT molecular complexity index is 2300. The average molecular weight is 788 g/mol. The minimum atomic E-state index is -0.833. The molecule has 0 aliphatic carbocycles. The van der Waals surface area contributed by atoms with Gasteiger partial charge in [-0.25, -0.2) is 9.97 Å². The minimum absolute atomic E-state index is 0.223. The number of hydrogen-bond acceptors (Lipinski definition) is 13. The molecule has 58 heavy (non-hydrogen) atoms. The van der Waals surface area contributed by atoms with Crippen LogP contribution < -0.4 is 25.0 Å². The molecule has 2 aliphatic heterocycles. The number of carboxylic acids is 1. The molecule has 0 radical (unpaired) electrons. The van der Waals surface area contributed by atoms with Crippen molar-refractivity contribution in [3.05, 3.63) is 103 Å². The van der Waals surface area contributed by atoms with Gasteiger partial charge in [0.05, 0.1) is 60.9 Å². The largest absolute Gasteiger partial charge is 0.481 e. The van der Waals surface area contributed by atoms with Crippen LogP contribution in [0.25, 0.3) is 22.1 Å². The summed E-state index contributed by atoms with van der Waals surface area (Å²) in [7, 11) is 0. The summed E-state index contributed by atoms with van der Waals surface area (Å²) in [5.74, 6) is 4.00. The third-order valence-electron chi connectivity index (χ3n) is 9.15. The van der Waals surface area contributed by atoms with E-state index in [2.05, 4.69) is 19.8 Å². The summed E-state index contributed by atoms with van der Waals surface area (Å²) >= 11 is 0. The number of carboxylic acid groups (broad SMARTS) is 1. The molecule has 3 N–H and O–H groups in total. The molecule has 2 aliphatic rings. The van der Waals surface area contributed by atoms with Crippen LogP contribution in [0.5, 0.6) is 23.0 Å². The van der Waals surface area contributed by atoms with Crippen molar-refractivity contribution < 1.29 is 33.6 Å².